The molecule has 80 valence electrons. The first-order chi connectivity index (χ1) is 6.79. The Morgan fingerprint density at radius 2 is 2.50 bits per heavy atom. The lowest BCUT2D eigenvalue weighted by atomic mass is 9.98. The fourth-order valence-electron chi connectivity index (χ4n) is 1.38. The van der Waals surface area contributed by atoms with Gasteiger partial charge in [0.25, 0.3) is 0 Å². The molecule has 0 spiro atoms. The van der Waals surface area contributed by atoms with Crippen LogP contribution in [0.2, 0.25) is 0 Å². The molecule has 1 rings (SSSR count). The Bertz CT molecular complexity index is 240. The topological polar surface area (TPSA) is 60.2 Å². The zero-order chi connectivity index (χ0) is 10.4. The molecule has 2 unspecified atom stereocenters. The van der Waals surface area contributed by atoms with Gasteiger partial charge in [0.2, 0.25) is 0 Å². The van der Waals surface area contributed by atoms with Crippen LogP contribution in [0.5, 0.6) is 0 Å². The molecule has 5 heteroatoms. The van der Waals surface area contributed by atoms with Crippen molar-refractivity contribution in [3.05, 3.63) is 16.6 Å². The van der Waals surface area contributed by atoms with Crippen LogP contribution < -0.4 is 11.3 Å². The third-order valence-electron chi connectivity index (χ3n) is 2.28. The Kier molecular flexibility index (Phi) is 5.03. The van der Waals surface area contributed by atoms with E-state index >= 15 is 0 Å². The summed E-state index contributed by atoms with van der Waals surface area (Å²) in [6, 6.07) is 0.178. The number of thiazole rings is 1. The van der Waals surface area contributed by atoms with Crippen LogP contribution in [-0.4, -0.2) is 18.7 Å². The summed E-state index contributed by atoms with van der Waals surface area (Å²) < 4.78 is 5.04. The van der Waals surface area contributed by atoms with Crippen molar-refractivity contribution < 1.29 is 4.74 Å². The summed E-state index contributed by atoms with van der Waals surface area (Å²) >= 11 is 1.62. The number of hydrogen-bond acceptors (Lipinski definition) is 5. The van der Waals surface area contributed by atoms with Gasteiger partial charge in [-0.3, -0.25) is 16.3 Å². The standard InChI is InChI=1S/C9H17N3OS/c1-7(3-4-13-2)9(12-10)8-5-11-6-14-8/h5-7,9,12H,3-4,10H2,1-2H3. The molecule has 1 aromatic heterocycles. The van der Waals surface area contributed by atoms with Gasteiger partial charge in [-0.25, -0.2) is 0 Å². The normalized spacial score (nSPS) is 15.4. The lowest BCUT2D eigenvalue weighted by molar-refractivity contribution is 0.170. The number of rotatable bonds is 6. The predicted molar refractivity (Wildman–Crippen MR) is 57.8 cm³/mol. The van der Waals surface area contributed by atoms with E-state index in [-0.39, 0.29) is 6.04 Å². The van der Waals surface area contributed by atoms with Crippen LogP contribution in [0.3, 0.4) is 0 Å². The van der Waals surface area contributed by atoms with Gasteiger partial charge >= 0.3 is 0 Å². The van der Waals surface area contributed by atoms with Crippen molar-refractivity contribution in [2.24, 2.45) is 11.8 Å². The van der Waals surface area contributed by atoms with E-state index in [1.807, 2.05) is 11.7 Å². The van der Waals surface area contributed by atoms with E-state index in [0.29, 0.717) is 5.92 Å². The number of nitrogens with one attached hydrogen (secondary N) is 1. The molecular weight excluding hydrogens is 198 g/mol. The minimum Gasteiger partial charge on any atom is -0.385 e. The van der Waals surface area contributed by atoms with Gasteiger partial charge in [-0.1, -0.05) is 6.92 Å². The van der Waals surface area contributed by atoms with Gasteiger partial charge in [0.1, 0.15) is 0 Å². The van der Waals surface area contributed by atoms with Crippen molar-refractivity contribution in [3.8, 4) is 0 Å². The first kappa shape index (κ1) is 11.6. The molecule has 0 aliphatic rings. The quantitative estimate of drug-likeness (QED) is 0.555. The molecule has 0 bridgehead atoms. The zero-order valence-electron chi connectivity index (χ0n) is 8.56. The van der Waals surface area contributed by atoms with E-state index in [9.17, 15) is 0 Å². The molecule has 3 N–H and O–H groups in total. The van der Waals surface area contributed by atoms with E-state index in [0.717, 1.165) is 13.0 Å². The number of hydrogen-bond donors (Lipinski definition) is 2. The van der Waals surface area contributed by atoms with Crippen LogP contribution in [0.1, 0.15) is 24.3 Å². The van der Waals surface area contributed by atoms with Crippen molar-refractivity contribution in [1.29, 1.82) is 0 Å². The van der Waals surface area contributed by atoms with Crippen molar-refractivity contribution in [1.82, 2.24) is 10.4 Å². The van der Waals surface area contributed by atoms with E-state index in [1.54, 1.807) is 18.4 Å². The van der Waals surface area contributed by atoms with Gasteiger partial charge in [-0.2, -0.15) is 0 Å². The smallest absolute Gasteiger partial charge is 0.0794 e. The van der Waals surface area contributed by atoms with Crippen LogP contribution in [0.25, 0.3) is 0 Å². The third kappa shape index (κ3) is 3.02. The van der Waals surface area contributed by atoms with E-state index < -0.39 is 0 Å². The third-order valence-corrected chi connectivity index (χ3v) is 3.14. The number of nitrogens with two attached hydrogens (primary N) is 1. The fourth-order valence-corrected chi connectivity index (χ4v) is 2.19. The molecule has 14 heavy (non-hydrogen) atoms. The predicted octanol–water partition coefficient (Wildman–Crippen LogP) is 1.32. The summed E-state index contributed by atoms with van der Waals surface area (Å²) in [4.78, 5) is 5.22. The van der Waals surface area contributed by atoms with Gasteiger partial charge in [0, 0.05) is 24.8 Å². The van der Waals surface area contributed by atoms with Crippen molar-refractivity contribution in [3.63, 3.8) is 0 Å². The van der Waals surface area contributed by atoms with Gasteiger partial charge in [0.15, 0.2) is 0 Å². The average molecular weight is 215 g/mol. The highest BCUT2D eigenvalue weighted by Crippen LogP contribution is 2.26. The molecule has 0 saturated heterocycles. The molecule has 1 aromatic rings. The summed E-state index contributed by atoms with van der Waals surface area (Å²) in [5, 5.41) is 0. The fraction of sp³-hybridized carbons (Fsp3) is 0.667. The minimum atomic E-state index is 0.178. The Morgan fingerprint density at radius 3 is 3.00 bits per heavy atom. The summed E-state index contributed by atoms with van der Waals surface area (Å²) in [5.41, 5.74) is 4.65. The number of aromatic nitrogens is 1. The highest BCUT2D eigenvalue weighted by molar-refractivity contribution is 7.09. The van der Waals surface area contributed by atoms with E-state index in [4.69, 9.17) is 10.6 Å². The Morgan fingerprint density at radius 1 is 1.71 bits per heavy atom. The molecule has 0 fully saturated rings. The molecule has 0 aliphatic carbocycles. The molecule has 0 radical (unpaired) electrons. The highest BCUT2D eigenvalue weighted by atomic mass is 32.1. The van der Waals surface area contributed by atoms with Crippen molar-refractivity contribution in [2.75, 3.05) is 13.7 Å². The minimum absolute atomic E-state index is 0.178. The second kappa shape index (κ2) is 6.08. The van der Waals surface area contributed by atoms with Crippen LogP contribution in [-0.2, 0) is 4.74 Å². The average Bonchev–Trinajstić information content (AvgIpc) is 2.69. The van der Waals surface area contributed by atoms with E-state index in [2.05, 4.69) is 17.3 Å². The molecule has 4 nitrogen and oxygen atoms in total. The maximum Gasteiger partial charge on any atom is 0.0794 e. The Labute approximate surface area is 88.5 Å². The summed E-state index contributed by atoms with van der Waals surface area (Å²) in [6.07, 6.45) is 2.85. The van der Waals surface area contributed by atoms with Gasteiger partial charge in [-0.05, 0) is 12.3 Å². The molecule has 0 aromatic carbocycles. The maximum absolute atomic E-state index is 5.52. The Balaban J connectivity index is 2.53. The monoisotopic (exact) mass is 215 g/mol. The number of ether oxygens (including phenoxy) is 1. The van der Waals surface area contributed by atoms with Gasteiger partial charge in [0.05, 0.1) is 11.6 Å². The zero-order valence-corrected chi connectivity index (χ0v) is 9.38. The van der Waals surface area contributed by atoms with Gasteiger partial charge in [-0.15, -0.1) is 11.3 Å². The van der Waals surface area contributed by atoms with Crippen molar-refractivity contribution >= 4 is 11.3 Å². The maximum atomic E-state index is 5.52. The molecule has 2 atom stereocenters. The van der Waals surface area contributed by atoms with Crippen LogP contribution in [0.4, 0.5) is 0 Å². The second-order valence-electron chi connectivity index (χ2n) is 3.31. The molecular formula is C9H17N3OS. The number of hydrazine groups is 1. The molecule has 0 saturated carbocycles. The molecule has 0 aliphatic heterocycles. The van der Waals surface area contributed by atoms with Crippen molar-refractivity contribution in [2.45, 2.75) is 19.4 Å². The first-order valence-electron chi connectivity index (χ1n) is 4.63. The van der Waals surface area contributed by atoms with Crippen LogP contribution in [0, 0.1) is 5.92 Å². The highest BCUT2D eigenvalue weighted by Gasteiger charge is 2.18. The van der Waals surface area contributed by atoms with Crippen LogP contribution in [0.15, 0.2) is 11.7 Å². The molecule has 0 amide bonds. The summed E-state index contributed by atoms with van der Waals surface area (Å²) in [7, 11) is 1.71. The number of nitrogens with zero attached hydrogens (tertiary/aromatic N) is 1. The van der Waals surface area contributed by atoms with Crippen LogP contribution >= 0.6 is 11.3 Å². The first-order valence-corrected chi connectivity index (χ1v) is 5.51. The number of methoxy groups -OCH3 is 1. The van der Waals surface area contributed by atoms with Gasteiger partial charge < -0.3 is 4.74 Å². The lowest BCUT2D eigenvalue weighted by Gasteiger charge is -2.21. The second-order valence-corrected chi connectivity index (χ2v) is 4.22. The van der Waals surface area contributed by atoms with E-state index in [1.165, 1.54) is 4.88 Å². The Hall–Kier alpha value is -0.490. The lowest BCUT2D eigenvalue weighted by Crippen LogP contribution is -2.32. The molecule has 1 heterocycles. The summed E-state index contributed by atoms with van der Waals surface area (Å²) in [6.45, 7) is 2.92. The SMILES string of the molecule is COCCC(C)C(NN)c1cncs1. The largest absolute Gasteiger partial charge is 0.385 e. The summed E-state index contributed by atoms with van der Waals surface area (Å²) in [5.74, 6) is 5.97.